The highest BCUT2D eigenvalue weighted by molar-refractivity contribution is 5.95. The van der Waals surface area contributed by atoms with Gasteiger partial charge in [0.25, 0.3) is 5.91 Å². The third-order valence-electron chi connectivity index (χ3n) is 3.78. The molecule has 1 fully saturated rings. The molecule has 1 aliphatic heterocycles. The summed E-state index contributed by atoms with van der Waals surface area (Å²) < 4.78 is 10.4. The number of hydrogen-bond acceptors (Lipinski definition) is 4. The Morgan fingerprint density at radius 1 is 1.30 bits per heavy atom. The number of amides is 1. The maximum atomic E-state index is 12.5. The number of benzene rings is 1. The minimum atomic E-state index is -0.315. The SMILES string of the molecule is COc1ccc(C(=O)N2CCC(O)C(C)C2)cc1OC. The van der Waals surface area contributed by atoms with Gasteiger partial charge in [-0.05, 0) is 30.5 Å². The van der Waals surface area contributed by atoms with Gasteiger partial charge in [-0.15, -0.1) is 0 Å². The van der Waals surface area contributed by atoms with Crippen LogP contribution >= 0.6 is 0 Å². The first-order valence-electron chi connectivity index (χ1n) is 6.76. The van der Waals surface area contributed by atoms with Crippen LogP contribution in [0.15, 0.2) is 18.2 Å². The van der Waals surface area contributed by atoms with Crippen molar-refractivity contribution in [2.24, 2.45) is 5.92 Å². The molecule has 1 N–H and O–H groups in total. The van der Waals surface area contributed by atoms with E-state index in [2.05, 4.69) is 0 Å². The Kier molecular flexibility index (Phi) is 4.49. The van der Waals surface area contributed by atoms with Gasteiger partial charge >= 0.3 is 0 Å². The number of carbonyl (C=O) groups excluding carboxylic acids is 1. The van der Waals surface area contributed by atoms with Crippen molar-refractivity contribution in [1.82, 2.24) is 4.90 Å². The highest BCUT2D eigenvalue weighted by Gasteiger charge is 2.28. The van der Waals surface area contributed by atoms with E-state index in [1.165, 1.54) is 0 Å². The largest absolute Gasteiger partial charge is 0.493 e. The van der Waals surface area contributed by atoms with E-state index in [-0.39, 0.29) is 17.9 Å². The van der Waals surface area contributed by atoms with Crippen LogP contribution in [0, 0.1) is 5.92 Å². The Hall–Kier alpha value is -1.75. The zero-order valence-corrected chi connectivity index (χ0v) is 12.1. The van der Waals surface area contributed by atoms with Gasteiger partial charge in [-0.2, -0.15) is 0 Å². The molecule has 1 aromatic rings. The van der Waals surface area contributed by atoms with E-state index in [1.54, 1.807) is 37.3 Å². The summed E-state index contributed by atoms with van der Waals surface area (Å²) in [4.78, 5) is 14.2. The molecule has 1 aromatic carbocycles. The molecule has 5 nitrogen and oxygen atoms in total. The molecule has 1 aliphatic rings. The monoisotopic (exact) mass is 279 g/mol. The molecule has 1 heterocycles. The first kappa shape index (κ1) is 14.7. The highest BCUT2D eigenvalue weighted by Crippen LogP contribution is 2.28. The molecule has 110 valence electrons. The normalized spacial score (nSPS) is 22.5. The van der Waals surface area contributed by atoms with Crippen molar-refractivity contribution >= 4 is 5.91 Å². The van der Waals surface area contributed by atoms with E-state index in [0.717, 1.165) is 0 Å². The maximum Gasteiger partial charge on any atom is 0.254 e. The van der Waals surface area contributed by atoms with Crippen LogP contribution in [-0.4, -0.2) is 49.3 Å². The lowest BCUT2D eigenvalue weighted by Gasteiger charge is -2.34. The molecule has 0 aromatic heterocycles. The van der Waals surface area contributed by atoms with Crippen molar-refractivity contribution in [2.45, 2.75) is 19.4 Å². The van der Waals surface area contributed by atoms with Gasteiger partial charge in [0.1, 0.15) is 0 Å². The smallest absolute Gasteiger partial charge is 0.254 e. The van der Waals surface area contributed by atoms with Crippen LogP contribution in [0.2, 0.25) is 0 Å². The number of aliphatic hydroxyl groups is 1. The summed E-state index contributed by atoms with van der Waals surface area (Å²) in [6.45, 7) is 3.12. The Morgan fingerprint density at radius 2 is 2.00 bits per heavy atom. The maximum absolute atomic E-state index is 12.5. The first-order chi connectivity index (χ1) is 9.56. The highest BCUT2D eigenvalue weighted by atomic mass is 16.5. The van der Waals surface area contributed by atoms with Crippen molar-refractivity contribution in [1.29, 1.82) is 0 Å². The predicted molar refractivity (Wildman–Crippen MR) is 75.2 cm³/mol. The summed E-state index contributed by atoms with van der Waals surface area (Å²) in [6.07, 6.45) is 0.310. The van der Waals surface area contributed by atoms with Gasteiger partial charge in [0, 0.05) is 18.7 Å². The zero-order valence-electron chi connectivity index (χ0n) is 12.1. The fraction of sp³-hybridized carbons (Fsp3) is 0.533. The minimum Gasteiger partial charge on any atom is -0.493 e. The summed E-state index contributed by atoms with van der Waals surface area (Å²) >= 11 is 0. The Balaban J connectivity index is 2.17. The van der Waals surface area contributed by atoms with E-state index in [9.17, 15) is 9.90 Å². The van der Waals surface area contributed by atoms with Crippen LogP contribution in [0.25, 0.3) is 0 Å². The van der Waals surface area contributed by atoms with Gasteiger partial charge in [0.15, 0.2) is 11.5 Å². The standard InChI is InChI=1S/C15H21NO4/c1-10-9-16(7-6-12(10)17)15(18)11-4-5-13(19-2)14(8-11)20-3/h4-5,8,10,12,17H,6-7,9H2,1-3H3. The molecule has 1 amide bonds. The number of nitrogens with zero attached hydrogens (tertiary/aromatic N) is 1. The zero-order chi connectivity index (χ0) is 14.7. The number of piperidine rings is 1. The molecule has 0 bridgehead atoms. The van der Waals surface area contributed by atoms with Gasteiger partial charge in [-0.3, -0.25) is 4.79 Å². The molecule has 0 saturated carbocycles. The van der Waals surface area contributed by atoms with E-state index >= 15 is 0 Å². The summed E-state index contributed by atoms with van der Waals surface area (Å²) in [5.41, 5.74) is 0.575. The predicted octanol–water partition coefficient (Wildman–Crippen LogP) is 1.55. The Morgan fingerprint density at radius 3 is 2.60 bits per heavy atom. The molecule has 20 heavy (non-hydrogen) atoms. The van der Waals surface area contributed by atoms with Crippen LogP contribution in [0.4, 0.5) is 0 Å². The molecule has 0 spiro atoms. The molecule has 2 atom stereocenters. The topological polar surface area (TPSA) is 59.0 Å². The second-order valence-corrected chi connectivity index (χ2v) is 5.15. The van der Waals surface area contributed by atoms with Gasteiger partial charge in [-0.25, -0.2) is 0 Å². The Bertz CT molecular complexity index is 489. The van der Waals surface area contributed by atoms with Gasteiger partial charge in [0.05, 0.1) is 20.3 Å². The van der Waals surface area contributed by atoms with E-state index in [4.69, 9.17) is 9.47 Å². The molecule has 0 radical (unpaired) electrons. The van der Waals surface area contributed by atoms with Crippen LogP contribution in [0.1, 0.15) is 23.7 Å². The molecular weight excluding hydrogens is 258 g/mol. The fourth-order valence-corrected chi connectivity index (χ4v) is 2.47. The van der Waals surface area contributed by atoms with Crippen LogP contribution in [-0.2, 0) is 0 Å². The lowest BCUT2D eigenvalue weighted by molar-refractivity contribution is 0.0297. The van der Waals surface area contributed by atoms with Gasteiger partial charge in [0.2, 0.25) is 0 Å². The van der Waals surface area contributed by atoms with Crippen molar-refractivity contribution in [3.63, 3.8) is 0 Å². The number of rotatable bonds is 3. The molecule has 1 saturated heterocycles. The van der Waals surface area contributed by atoms with E-state index in [1.807, 2.05) is 6.92 Å². The van der Waals surface area contributed by atoms with E-state index in [0.29, 0.717) is 36.6 Å². The fourth-order valence-electron chi connectivity index (χ4n) is 2.47. The summed E-state index contributed by atoms with van der Waals surface area (Å²) in [6, 6.07) is 5.16. The van der Waals surface area contributed by atoms with Crippen LogP contribution in [0.5, 0.6) is 11.5 Å². The average Bonchev–Trinajstić information content (AvgIpc) is 2.48. The lowest BCUT2D eigenvalue weighted by Crippen LogP contribution is -2.44. The third-order valence-corrected chi connectivity index (χ3v) is 3.78. The number of aliphatic hydroxyl groups excluding tert-OH is 1. The average molecular weight is 279 g/mol. The molecular formula is C15H21NO4. The summed E-state index contributed by atoms with van der Waals surface area (Å²) in [5.74, 6) is 1.22. The molecule has 2 unspecified atom stereocenters. The second-order valence-electron chi connectivity index (χ2n) is 5.15. The molecule has 0 aliphatic carbocycles. The number of hydrogen-bond donors (Lipinski definition) is 1. The van der Waals surface area contributed by atoms with Crippen molar-refractivity contribution in [3.8, 4) is 11.5 Å². The second kappa shape index (κ2) is 6.13. The lowest BCUT2D eigenvalue weighted by atomic mass is 9.96. The molecule has 2 rings (SSSR count). The van der Waals surface area contributed by atoms with Crippen LogP contribution < -0.4 is 9.47 Å². The number of carbonyl (C=O) groups is 1. The first-order valence-corrected chi connectivity index (χ1v) is 6.76. The van der Waals surface area contributed by atoms with Crippen molar-refractivity contribution < 1.29 is 19.4 Å². The van der Waals surface area contributed by atoms with Crippen molar-refractivity contribution in [2.75, 3.05) is 27.3 Å². The van der Waals surface area contributed by atoms with Gasteiger partial charge in [-0.1, -0.05) is 6.92 Å². The number of methoxy groups -OCH3 is 2. The Labute approximate surface area is 119 Å². The van der Waals surface area contributed by atoms with E-state index < -0.39 is 0 Å². The third kappa shape index (κ3) is 2.88. The summed E-state index contributed by atoms with van der Waals surface area (Å²) in [7, 11) is 3.11. The van der Waals surface area contributed by atoms with Gasteiger partial charge < -0.3 is 19.5 Å². The summed E-state index contributed by atoms with van der Waals surface area (Å²) in [5, 5.41) is 9.72. The molecule has 5 heteroatoms. The van der Waals surface area contributed by atoms with Crippen LogP contribution in [0.3, 0.4) is 0 Å². The van der Waals surface area contributed by atoms with Crippen molar-refractivity contribution in [3.05, 3.63) is 23.8 Å². The quantitative estimate of drug-likeness (QED) is 0.912. The number of ether oxygens (including phenoxy) is 2. The number of likely N-dealkylation sites (tertiary alicyclic amines) is 1. The minimum absolute atomic E-state index is 0.0373.